The van der Waals surface area contributed by atoms with Crippen LogP contribution in [0.25, 0.3) is 5.69 Å². The number of non-ortho nitro benzene ring substituents is 1. The second-order valence-electron chi connectivity index (χ2n) is 13.9. The smallest absolute Gasteiger partial charge is 0.297 e. The average Bonchev–Trinajstić information content (AvgIpc) is 3.54. The van der Waals surface area contributed by atoms with Crippen LogP contribution in [0.2, 0.25) is 18.6 Å². The van der Waals surface area contributed by atoms with Crippen molar-refractivity contribution >= 4 is 31.5 Å². The number of hydrogen-bond acceptors (Lipinski definition) is 9. The summed E-state index contributed by atoms with van der Waals surface area (Å²) in [4.78, 5) is 68.1. The fourth-order valence-corrected chi connectivity index (χ4v) is 10.4. The van der Waals surface area contributed by atoms with Gasteiger partial charge in [0.05, 0.1) is 43.4 Å². The second-order valence-corrected chi connectivity index (χ2v) is 17.8. The van der Waals surface area contributed by atoms with E-state index in [-0.39, 0.29) is 55.6 Å². The van der Waals surface area contributed by atoms with Gasteiger partial charge in [-0.2, -0.15) is 0 Å². The number of nitrogens with zero attached hydrogens (tertiary/aromatic N) is 4. The molecule has 2 amide bonds. The van der Waals surface area contributed by atoms with E-state index >= 15 is 0 Å². The molecule has 1 aromatic heterocycles. The normalized spacial score (nSPS) is 21.0. The summed E-state index contributed by atoms with van der Waals surface area (Å²) in [7, 11) is -1.75. The van der Waals surface area contributed by atoms with E-state index in [0.717, 1.165) is 5.56 Å². The van der Waals surface area contributed by atoms with E-state index in [1.807, 2.05) is 36.4 Å². The Kier molecular flexibility index (Phi) is 10.2. The van der Waals surface area contributed by atoms with Crippen LogP contribution in [0.4, 0.5) is 11.4 Å². The molecule has 3 aromatic carbocycles. The number of amides is 2. The zero-order chi connectivity index (χ0) is 37.4. The number of ether oxygens (including phenoxy) is 2. The predicted octanol–water partition coefficient (Wildman–Crippen LogP) is 4.51. The molecule has 0 bridgehead atoms. The quantitative estimate of drug-likeness (QED) is 0.121. The molecule has 4 aromatic rings. The van der Waals surface area contributed by atoms with Gasteiger partial charge in [0.1, 0.15) is 0 Å². The number of aliphatic hydroxyl groups excluding tert-OH is 1. The van der Waals surface area contributed by atoms with Crippen molar-refractivity contribution in [1.29, 1.82) is 0 Å². The van der Waals surface area contributed by atoms with Crippen LogP contribution in [0.5, 0.6) is 5.75 Å². The zero-order valence-electron chi connectivity index (χ0n) is 29.5. The van der Waals surface area contributed by atoms with Crippen LogP contribution >= 0.6 is 0 Å². The standard InChI is InChI=1S/C38H42N4O9Si/c1-25-35(52(3,4)49)33(22-34(44)39(18-19-43)23-26-10-6-5-7-11-26)51-38(25)30-21-29(42(47)48)15-16-31(30)41(37(38)46)24-27-12-8-13-28(20-27)40-17-9-14-32(50-2)36(40)45/h5-17,20-21,25,33,35,43,49H,18-19,22-24H2,1-4H3/t25-,33+,35-,38+/m0/s1. The highest BCUT2D eigenvalue weighted by Gasteiger charge is 2.66. The molecule has 1 spiro atoms. The third-order valence-electron chi connectivity index (χ3n) is 10.2. The van der Waals surface area contributed by atoms with Gasteiger partial charge >= 0.3 is 0 Å². The van der Waals surface area contributed by atoms with E-state index in [9.17, 15) is 34.4 Å². The Morgan fingerprint density at radius 1 is 1.04 bits per heavy atom. The molecule has 13 nitrogen and oxygen atoms in total. The summed E-state index contributed by atoms with van der Waals surface area (Å²) >= 11 is 0. The van der Waals surface area contributed by atoms with Gasteiger partial charge in [0, 0.05) is 54.1 Å². The summed E-state index contributed by atoms with van der Waals surface area (Å²) in [6.45, 7) is 5.39. The molecule has 2 aliphatic heterocycles. The first-order chi connectivity index (χ1) is 24.8. The van der Waals surface area contributed by atoms with Crippen molar-refractivity contribution in [3.05, 3.63) is 128 Å². The Labute approximate surface area is 301 Å². The molecule has 4 atom stereocenters. The number of methoxy groups -OCH3 is 1. The summed E-state index contributed by atoms with van der Waals surface area (Å²) in [5.41, 5.74) is -0.104. The summed E-state index contributed by atoms with van der Waals surface area (Å²) < 4.78 is 13.4. The highest BCUT2D eigenvalue weighted by molar-refractivity contribution is 6.71. The number of hydrogen-bond donors (Lipinski definition) is 2. The first-order valence-corrected chi connectivity index (χ1v) is 20.1. The predicted molar refractivity (Wildman–Crippen MR) is 196 cm³/mol. The number of pyridine rings is 1. The topological polar surface area (TPSA) is 165 Å². The summed E-state index contributed by atoms with van der Waals surface area (Å²) in [6.07, 6.45) is 0.548. The highest BCUT2D eigenvalue weighted by Crippen LogP contribution is 2.60. The number of rotatable bonds is 12. The van der Waals surface area contributed by atoms with Crippen molar-refractivity contribution in [3.63, 3.8) is 0 Å². The Bertz CT molecular complexity index is 2050. The Morgan fingerprint density at radius 2 is 1.77 bits per heavy atom. The maximum Gasteiger partial charge on any atom is 0.297 e. The minimum absolute atomic E-state index is 0.0452. The average molecular weight is 727 g/mol. The number of benzene rings is 3. The lowest BCUT2D eigenvalue weighted by Gasteiger charge is -2.32. The van der Waals surface area contributed by atoms with Crippen molar-refractivity contribution in [2.75, 3.05) is 25.2 Å². The molecule has 14 heteroatoms. The molecule has 52 heavy (non-hydrogen) atoms. The number of carbonyl (C=O) groups is 2. The summed E-state index contributed by atoms with van der Waals surface area (Å²) in [5.74, 6) is -1.28. The SMILES string of the molecule is COc1cccn(-c2cccc(CN3C(=O)[C@]4(O[C@H](CC(=O)N(CCO)Cc5ccccc5)[C@@H]([Si](C)(C)O)[C@@H]4C)c4cc([N+](=O)[O-])ccc43)c2)c1=O. The van der Waals surface area contributed by atoms with E-state index in [0.29, 0.717) is 22.5 Å². The van der Waals surface area contributed by atoms with Gasteiger partial charge < -0.3 is 29.2 Å². The van der Waals surface area contributed by atoms with Gasteiger partial charge in [0.2, 0.25) is 5.91 Å². The first-order valence-electron chi connectivity index (χ1n) is 17.1. The molecule has 2 N–H and O–H groups in total. The van der Waals surface area contributed by atoms with Gasteiger partial charge in [0.25, 0.3) is 17.2 Å². The monoisotopic (exact) mass is 726 g/mol. The number of anilines is 1. The third kappa shape index (κ3) is 6.65. The number of fused-ring (bicyclic) bond motifs is 2. The lowest BCUT2D eigenvalue weighted by Crippen LogP contribution is -2.46. The van der Waals surface area contributed by atoms with Crippen molar-refractivity contribution in [3.8, 4) is 11.4 Å². The molecule has 2 aliphatic rings. The molecule has 6 rings (SSSR count). The number of aliphatic hydroxyl groups is 1. The molecule has 0 aliphatic carbocycles. The number of aromatic nitrogens is 1. The molecular formula is C38H42N4O9Si. The maximum atomic E-state index is 14.9. The van der Waals surface area contributed by atoms with Crippen LogP contribution in [0, 0.1) is 16.0 Å². The van der Waals surface area contributed by atoms with Crippen molar-refractivity contribution in [2.24, 2.45) is 5.92 Å². The summed E-state index contributed by atoms with van der Waals surface area (Å²) in [6, 6.07) is 24.0. The fourth-order valence-electron chi connectivity index (χ4n) is 7.87. The third-order valence-corrected chi connectivity index (χ3v) is 12.7. The minimum Gasteiger partial charge on any atom is -0.491 e. The van der Waals surface area contributed by atoms with E-state index in [2.05, 4.69) is 0 Å². The number of nitro groups is 1. The van der Waals surface area contributed by atoms with Gasteiger partial charge in [-0.25, -0.2) is 0 Å². The molecule has 0 radical (unpaired) electrons. The van der Waals surface area contributed by atoms with Gasteiger partial charge in [-0.05, 0) is 54.6 Å². The molecular weight excluding hydrogens is 685 g/mol. The van der Waals surface area contributed by atoms with Crippen LogP contribution in [-0.2, 0) is 33.0 Å². The first kappa shape index (κ1) is 36.6. The molecule has 272 valence electrons. The van der Waals surface area contributed by atoms with Crippen molar-refractivity contribution in [2.45, 2.75) is 56.8 Å². The van der Waals surface area contributed by atoms with E-state index in [4.69, 9.17) is 9.47 Å². The second kappa shape index (κ2) is 14.5. The fraction of sp³-hybridized carbons (Fsp3) is 0.342. The highest BCUT2D eigenvalue weighted by atomic mass is 28.4. The molecule has 0 saturated carbocycles. The van der Waals surface area contributed by atoms with Gasteiger partial charge in [0.15, 0.2) is 19.7 Å². The van der Waals surface area contributed by atoms with Crippen molar-refractivity contribution in [1.82, 2.24) is 9.47 Å². The Morgan fingerprint density at radius 3 is 2.44 bits per heavy atom. The Hall–Kier alpha value is -5.15. The zero-order valence-corrected chi connectivity index (χ0v) is 30.5. The number of carbonyl (C=O) groups excluding carboxylic acids is 2. The molecule has 1 fully saturated rings. The lowest BCUT2D eigenvalue weighted by atomic mass is 9.82. The lowest BCUT2D eigenvalue weighted by molar-refractivity contribution is -0.385. The van der Waals surface area contributed by atoms with E-state index in [1.54, 1.807) is 56.5 Å². The Balaban J connectivity index is 1.38. The van der Waals surface area contributed by atoms with Crippen LogP contribution in [0.15, 0.2) is 95.9 Å². The molecule has 1 saturated heterocycles. The van der Waals surface area contributed by atoms with E-state index < -0.39 is 42.3 Å². The molecule has 3 heterocycles. The van der Waals surface area contributed by atoms with Crippen LogP contribution < -0.4 is 15.2 Å². The van der Waals surface area contributed by atoms with Crippen LogP contribution in [0.3, 0.4) is 0 Å². The summed E-state index contributed by atoms with van der Waals surface area (Å²) in [5, 5.41) is 21.8. The van der Waals surface area contributed by atoms with Gasteiger partial charge in [-0.15, -0.1) is 0 Å². The molecule has 0 unspecified atom stereocenters. The van der Waals surface area contributed by atoms with Gasteiger partial charge in [-0.1, -0.05) is 49.4 Å². The van der Waals surface area contributed by atoms with Gasteiger partial charge in [-0.3, -0.25) is 29.1 Å². The largest absolute Gasteiger partial charge is 0.491 e. The van der Waals surface area contributed by atoms with Crippen LogP contribution in [0.1, 0.15) is 30.0 Å². The van der Waals surface area contributed by atoms with E-state index in [1.165, 1.54) is 39.7 Å². The minimum atomic E-state index is -3.17. The van der Waals surface area contributed by atoms with Crippen molar-refractivity contribution < 1.29 is 33.9 Å². The number of nitro benzene ring substituents is 1. The maximum absolute atomic E-state index is 14.9. The van der Waals surface area contributed by atoms with Crippen LogP contribution in [-0.4, -0.2) is 70.8 Å².